The molecule has 0 saturated carbocycles. The molecular weight excluding hydrogens is 272 g/mol. The number of carbonyl (C=O) groups excluding carboxylic acids is 1. The van der Waals surface area contributed by atoms with Crippen LogP contribution in [0.5, 0.6) is 0 Å². The van der Waals surface area contributed by atoms with Crippen molar-refractivity contribution >= 4 is 21.7 Å². The molecule has 8 heteroatoms. The number of carbonyl (C=O) groups is 2. The Morgan fingerprint density at radius 1 is 1.47 bits per heavy atom. The molecule has 1 heterocycles. The van der Waals surface area contributed by atoms with Crippen molar-refractivity contribution in [2.24, 2.45) is 5.92 Å². The molecule has 19 heavy (non-hydrogen) atoms. The summed E-state index contributed by atoms with van der Waals surface area (Å²) in [5.41, 5.74) is 0. The van der Waals surface area contributed by atoms with Gasteiger partial charge in [-0.3, -0.25) is 14.5 Å². The minimum atomic E-state index is -3.01. The van der Waals surface area contributed by atoms with E-state index in [1.165, 1.54) is 0 Å². The van der Waals surface area contributed by atoms with Crippen LogP contribution in [0.3, 0.4) is 0 Å². The van der Waals surface area contributed by atoms with Crippen LogP contribution in [0.2, 0.25) is 0 Å². The van der Waals surface area contributed by atoms with E-state index < -0.39 is 21.7 Å². The SMILES string of the molecule is CC(CN(C)CC(=O)NC1CCS(=O)(=O)C1)C(=O)O. The third-order valence-corrected chi connectivity index (χ3v) is 4.79. The molecule has 0 bridgehead atoms. The molecule has 0 aromatic carbocycles. The highest BCUT2D eigenvalue weighted by atomic mass is 32.2. The Labute approximate surface area is 112 Å². The first-order chi connectivity index (χ1) is 8.69. The largest absolute Gasteiger partial charge is 0.481 e. The Morgan fingerprint density at radius 2 is 2.11 bits per heavy atom. The van der Waals surface area contributed by atoms with E-state index in [1.807, 2.05) is 0 Å². The van der Waals surface area contributed by atoms with Crippen molar-refractivity contribution < 1.29 is 23.1 Å². The molecule has 0 aromatic heterocycles. The molecule has 1 rings (SSSR count). The zero-order valence-corrected chi connectivity index (χ0v) is 11.9. The van der Waals surface area contributed by atoms with Gasteiger partial charge in [0.25, 0.3) is 0 Å². The van der Waals surface area contributed by atoms with Gasteiger partial charge in [-0.05, 0) is 13.5 Å². The summed E-state index contributed by atoms with van der Waals surface area (Å²) in [5.74, 6) is -1.63. The highest BCUT2D eigenvalue weighted by molar-refractivity contribution is 7.91. The lowest BCUT2D eigenvalue weighted by Gasteiger charge is -2.19. The second-order valence-corrected chi connectivity index (χ2v) is 7.33. The fourth-order valence-electron chi connectivity index (χ4n) is 2.04. The van der Waals surface area contributed by atoms with Gasteiger partial charge in [-0.1, -0.05) is 6.92 Å². The molecule has 1 aliphatic rings. The van der Waals surface area contributed by atoms with Crippen molar-refractivity contribution in [3.05, 3.63) is 0 Å². The fraction of sp³-hybridized carbons (Fsp3) is 0.818. The second-order valence-electron chi connectivity index (χ2n) is 5.10. The summed E-state index contributed by atoms with van der Waals surface area (Å²) in [7, 11) is -1.35. The zero-order valence-electron chi connectivity index (χ0n) is 11.1. The Kier molecular flexibility index (Phi) is 5.30. The summed E-state index contributed by atoms with van der Waals surface area (Å²) in [6, 6.07) is -0.317. The van der Waals surface area contributed by atoms with Crippen molar-refractivity contribution in [3.63, 3.8) is 0 Å². The lowest BCUT2D eigenvalue weighted by Crippen LogP contribution is -2.42. The molecule has 7 nitrogen and oxygen atoms in total. The van der Waals surface area contributed by atoms with E-state index in [9.17, 15) is 18.0 Å². The van der Waals surface area contributed by atoms with Gasteiger partial charge in [-0.25, -0.2) is 8.42 Å². The number of rotatable bonds is 6. The van der Waals surface area contributed by atoms with E-state index >= 15 is 0 Å². The molecule has 2 N–H and O–H groups in total. The minimum absolute atomic E-state index is 0.00597. The molecule has 0 aliphatic carbocycles. The van der Waals surface area contributed by atoms with E-state index in [4.69, 9.17) is 5.11 Å². The standard InChI is InChI=1S/C11H20N2O5S/c1-8(11(15)16)5-13(2)6-10(14)12-9-3-4-19(17,18)7-9/h8-9H,3-7H2,1-2H3,(H,12,14)(H,15,16). The summed E-state index contributed by atoms with van der Waals surface area (Å²) in [6.45, 7) is 1.90. The predicted molar refractivity (Wildman–Crippen MR) is 69.5 cm³/mol. The first-order valence-corrected chi connectivity index (χ1v) is 7.93. The van der Waals surface area contributed by atoms with E-state index in [2.05, 4.69) is 5.32 Å². The number of likely N-dealkylation sites (N-methyl/N-ethyl adjacent to an activating group) is 1. The number of amides is 1. The van der Waals surface area contributed by atoms with Crippen LogP contribution in [0.25, 0.3) is 0 Å². The first-order valence-electron chi connectivity index (χ1n) is 6.11. The van der Waals surface area contributed by atoms with E-state index in [0.29, 0.717) is 6.42 Å². The molecule has 0 aromatic rings. The van der Waals surface area contributed by atoms with Crippen LogP contribution in [-0.2, 0) is 19.4 Å². The Hall–Kier alpha value is -1.15. The fourth-order valence-corrected chi connectivity index (χ4v) is 3.71. The monoisotopic (exact) mass is 292 g/mol. The summed E-state index contributed by atoms with van der Waals surface area (Å²) in [6.07, 6.45) is 0.448. The Morgan fingerprint density at radius 3 is 2.58 bits per heavy atom. The summed E-state index contributed by atoms with van der Waals surface area (Å²) < 4.78 is 22.5. The van der Waals surface area contributed by atoms with Crippen molar-refractivity contribution in [3.8, 4) is 0 Å². The predicted octanol–water partition coefficient (Wildman–Crippen LogP) is -1.06. The van der Waals surface area contributed by atoms with Gasteiger partial charge in [0.1, 0.15) is 0 Å². The van der Waals surface area contributed by atoms with Crippen LogP contribution >= 0.6 is 0 Å². The Balaban J connectivity index is 2.33. The number of carboxylic acid groups (broad SMARTS) is 1. The lowest BCUT2D eigenvalue weighted by molar-refractivity contribution is -0.142. The van der Waals surface area contributed by atoms with Gasteiger partial charge in [-0.15, -0.1) is 0 Å². The summed E-state index contributed by atoms with van der Waals surface area (Å²) in [5, 5.41) is 11.4. The van der Waals surface area contributed by atoms with Crippen LogP contribution < -0.4 is 5.32 Å². The topological polar surface area (TPSA) is 104 Å². The van der Waals surface area contributed by atoms with Gasteiger partial charge in [0.2, 0.25) is 5.91 Å². The molecule has 1 fully saturated rings. The van der Waals surface area contributed by atoms with Crippen LogP contribution in [-0.4, -0.2) is 68.0 Å². The molecule has 110 valence electrons. The van der Waals surface area contributed by atoms with Crippen LogP contribution in [0, 0.1) is 5.92 Å². The van der Waals surface area contributed by atoms with Crippen molar-refractivity contribution in [2.45, 2.75) is 19.4 Å². The van der Waals surface area contributed by atoms with E-state index in [1.54, 1.807) is 18.9 Å². The van der Waals surface area contributed by atoms with Gasteiger partial charge in [-0.2, -0.15) is 0 Å². The average Bonchev–Trinajstić information content (AvgIpc) is 2.56. The highest BCUT2D eigenvalue weighted by Crippen LogP contribution is 2.11. The number of hydrogen-bond acceptors (Lipinski definition) is 5. The van der Waals surface area contributed by atoms with Gasteiger partial charge >= 0.3 is 5.97 Å². The van der Waals surface area contributed by atoms with Crippen molar-refractivity contribution in [1.82, 2.24) is 10.2 Å². The van der Waals surface area contributed by atoms with Crippen LogP contribution in [0.15, 0.2) is 0 Å². The number of nitrogens with zero attached hydrogens (tertiary/aromatic N) is 1. The van der Waals surface area contributed by atoms with E-state index in [-0.39, 0.29) is 36.5 Å². The first kappa shape index (κ1) is 15.9. The number of carboxylic acids is 1. The maximum atomic E-state index is 11.7. The third-order valence-electron chi connectivity index (χ3n) is 3.02. The smallest absolute Gasteiger partial charge is 0.307 e. The van der Waals surface area contributed by atoms with E-state index in [0.717, 1.165) is 0 Å². The second kappa shape index (κ2) is 6.33. The molecule has 1 amide bonds. The number of sulfone groups is 1. The van der Waals surface area contributed by atoms with Crippen LogP contribution in [0.4, 0.5) is 0 Å². The molecule has 2 atom stereocenters. The normalized spacial score (nSPS) is 23.2. The third kappa shape index (κ3) is 5.56. The molecule has 2 unspecified atom stereocenters. The maximum absolute atomic E-state index is 11.7. The van der Waals surface area contributed by atoms with Crippen LogP contribution in [0.1, 0.15) is 13.3 Å². The quantitative estimate of drug-likeness (QED) is 0.647. The van der Waals surface area contributed by atoms with Crippen molar-refractivity contribution in [2.75, 3.05) is 31.6 Å². The molecule has 0 radical (unpaired) electrons. The van der Waals surface area contributed by atoms with Gasteiger partial charge in [0, 0.05) is 12.6 Å². The Bertz CT molecular complexity index is 448. The summed E-state index contributed by atoms with van der Waals surface area (Å²) in [4.78, 5) is 24.0. The maximum Gasteiger partial charge on any atom is 0.307 e. The molecular formula is C11H20N2O5S. The lowest BCUT2D eigenvalue weighted by atomic mass is 10.2. The highest BCUT2D eigenvalue weighted by Gasteiger charge is 2.29. The summed E-state index contributed by atoms with van der Waals surface area (Å²) >= 11 is 0. The van der Waals surface area contributed by atoms with Gasteiger partial charge in [0.05, 0.1) is 24.0 Å². The zero-order chi connectivity index (χ0) is 14.6. The van der Waals surface area contributed by atoms with Gasteiger partial charge < -0.3 is 10.4 Å². The number of nitrogens with one attached hydrogen (secondary N) is 1. The minimum Gasteiger partial charge on any atom is -0.481 e. The molecule has 1 aliphatic heterocycles. The molecule has 0 spiro atoms. The van der Waals surface area contributed by atoms with Crippen molar-refractivity contribution in [1.29, 1.82) is 0 Å². The molecule has 1 saturated heterocycles. The average molecular weight is 292 g/mol. The number of aliphatic carboxylic acids is 1. The van der Waals surface area contributed by atoms with Gasteiger partial charge in [0.15, 0.2) is 9.84 Å². The number of hydrogen-bond donors (Lipinski definition) is 2.